The van der Waals surface area contributed by atoms with Crippen molar-refractivity contribution in [2.75, 3.05) is 13.2 Å². The molecule has 19 heavy (non-hydrogen) atoms. The number of likely N-dealkylation sites (N-methyl/N-ethyl adjacent to an activating group) is 1. The molecule has 1 aromatic rings. The molecule has 106 valence electrons. The van der Waals surface area contributed by atoms with Gasteiger partial charge in [-0.25, -0.2) is 0 Å². The minimum atomic E-state index is 0.253. The van der Waals surface area contributed by atoms with Crippen molar-refractivity contribution in [1.29, 1.82) is 0 Å². The first kappa shape index (κ1) is 14.5. The van der Waals surface area contributed by atoms with Gasteiger partial charge in [0.2, 0.25) is 0 Å². The highest BCUT2D eigenvalue weighted by atomic mass is 16.5. The molecule has 2 nitrogen and oxygen atoms in total. The van der Waals surface area contributed by atoms with Gasteiger partial charge in [-0.3, -0.25) is 0 Å². The van der Waals surface area contributed by atoms with Crippen molar-refractivity contribution < 1.29 is 4.74 Å². The molecule has 1 fully saturated rings. The van der Waals surface area contributed by atoms with E-state index in [-0.39, 0.29) is 6.10 Å². The van der Waals surface area contributed by atoms with E-state index in [9.17, 15) is 0 Å². The van der Waals surface area contributed by atoms with Gasteiger partial charge in [-0.15, -0.1) is 0 Å². The van der Waals surface area contributed by atoms with Crippen LogP contribution in [0.15, 0.2) is 30.3 Å². The number of hydrogen-bond acceptors (Lipinski definition) is 2. The lowest BCUT2D eigenvalue weighted by Gasteiger charge is -2.31. The molecule has 0 bridgehead atoms. The highest BCUT2D eigenvalue weighted by molar-refractivity contribution is 5.20. The maximum Gasteiger partial charge on any atom is 0.0792 e. The second-order valence-corrected chi connectivity index (χ2v) is 5.93. The van der Waals surface area contributed by atoms with Gasteiger partial charge in [0.1, 0.15) is 0 Å². The Labute approximate surface area is 117 Å². The number of benzene rings is 1. The van der Waals surface area contributed by atoms with Crippen LogP contribution in [-0.2, 0) is 4.74 Å². The molecule has 0 heterocycles. The maximum atomic E-state index is 6.23. The summed E-state index contributed by atoms with van der Waals surface area (Å²) in [6.07, 6.45) is 2.95. The lowest BCUT2D eigenvalue weighted by molar-refractivity contribution is -0.00928. The smallest absolute Gasteiger partial charge is 0.0792 e. The number of rotatable bonds is 8. The molecule has 2 rings (SSSR count). The Bertz CT molecular complexity index is 359. The predicted octanol–water partition coefficient (Wildman–Crippen LogP) is 3.79. The second-order valence-electron chi connectivity index (χ2n) is 5.93. The number of ether oxygens (including phenoxy) is 1. The highest BCUT2D eigenvalue weighted by Crippen LogP contribution is 2.32. The van der Waals surface area contributed by atoms with Crippen molar-refractivity contribution in [3.05, 3.63) is 35.9 Å². The summed E-state index contributed by atoms with van der Waals surface area (Å²) >= 11 is 0. The summed E-state index contributed by atoms with van der Waals surface area (Å²) in [5, 5.41) is 3.60. The molecular weight excluding hydrogens is 234 g/mol. The Kier molecular flexibility index (Phi) is 5.41. The summed E-state index contributed by atoms with van der Waals surface area (Å²) in [4.78, 5) is 0. The first-order valence-corrected chi connectivity index (χ1v) is 7.62. The van der Waals surface area contributed by atoms with Crippen LogP contribution in [0.2, 0.25) is 0 Å². The molecule has 0 saturated heterocycles. The van der Waals surface area contributed by atoms with Crippen LogP contribution in [0.5, 0.6) is 0 Å². The topological polar surface area (TPSA) is 21.3 Å². The maximum absolute atomic E-state index is 6.23. The van der Waals surface area contributed by atoms with E-state index in [0.29, 0.717) is 12.0 Å². The van der Waals surface area contributed by atoms with Gasteiger partial charge in [-0.1, -0.05) is 51.1 Å². The summed E-state index contributed by atoms with van der Waals surface area (Å²) in [5.74, 6) is 1.34. The fourth-order valence-electron chi connectivity index (χ4n) is 2.51. The zero-order valence-corrected chi connectivity index (χ0v) is 12.4. The molecule has 0 amide bonds. The minimum absolute atomic E-state index is 0.253. The Hall–Kier alpha value is -0.860. The van der Waals surface area contributed by atoms with E-state index in [0.717, 1.165) is 19.1 Å². The van der Waals surface area contributed by atoms with Crippen molar-refractivity contribution in [2.24, 2.45) is 11.8 Å². The first-order valence-electron chi connectivity index (χ1n) is 7.62. The molecule has 0 aromatic heterocycles. The lowest BCUT2D eigenvalue weighted by Crippen LogP contribution is -2.37. The molecule has 1 aromatic carbocycles. The Balaban J connectivity index is 2.08. The number of hydrogen-bond donors (Lipinski definition) is 1. The zero-order valence-electron chi connectivity index (χ0n) is 12.4. The van der Waals surface area contributed by atoms with Crippen LogP contribution in [0.3, 0.4) is 0 Å². The molecule has 0 spiro atoms. The van der Waals surface area contributed by atoms with E-state index in [1.54, 1.807) is 0 Å². The molecule has 1 N–H and O–H groups in total. The molecule has 2 heteroatoms. The van der Waals surface area contributed by atoms with E-state index in [1.165, 1.54) is 18.4 Å². The highest BCUT2D eigenvalue weighted by Gasteiger charge is 2.29. The van der Waals surface area contributed by atoms with E-state index in [4.69, 9.17) is 4.74 Å². The van der Waals surface area contributed by atoms with E-state index >= 15 is 0 Å². The van der Waals surface area contributed by atoms with Gasteiger partial charge in [0.05, 0.1) is 12.1 Å². The predicted molar refractivity (Wildman–Crippen MR) is 80.2 cm³/mol. The quantitative estimate of drug-likeness (QED) is 0.769. The Morgan fingerprint density at radius 1 is 1.21 bits per heavy atom. The monoisotopic (exact) mass is 261 g/mol. The first-order chi connectivity index (χ1) is 9.22. The summed E-state index contributed by atoms with van der Waals surface area (Å²) in [6.45, 7) is 8.57. The third-order valence-electron chi connectivity index (χ3n) is 3.79. The summed E-state index contributed by atoms with van der Waals surface area (Å²) in [5.41, 5.74) is 1.33. The Morgan fingerprint density at radius 2 is 1.89 bits per heavy atom. The second kappa shape index (κ2) is 7.06. The van der Waals surface area contributed by atoms with Crippen molar-refractivity contribution in [3.8, 4) is 0 Å². The zero-order chi connectivity index (χ0) is 13.7. The SMILES string of the molecule is CCNC(c1ccccc1)C(OCC1CC1)C(C)C. The molecule has 2 unspecified atom stereocenters. The number of nitrogens with one attached hydrogen (secondary N) is 1. The van der Waals surface area contributed by atoms with E-state index < -0.39 is 0 Å². The third-order valence-corrected chi connectivity index (χ3v) is 3.79. The minimum Gasteiger partial charge on any atom is -0.376 e. The van der Waals surface area contributed by atoms with Gasteiger partial charge < -0.3 is 10.1 Å². The molecule has 0 aliphatic heterocycles. The summed E-state index contributed by atoms with van der Waals surface area (Å²) in [7, 11) is 0. The van der Waals surface area contributed by atoms with Crippen LogP contribution < -0.4 is 5.32 Å². The molecule has 1 aliphatic rings. The van der Waals surface area contributed by atoms with Crippen LogP contribution in [0.25, 0.3) is 0 Å². The molecule has 1 aliphatic carbocycles. The Morgan fingerprint density at radius 3 is 2.42 bits per heavy atom. The molecular formula is C17H27NO. The lowest BCUT2D eigenvalue weighted by atomic mass is 9.93. The van der Waals surface area contributed by atoms with Gasteiger partial charge in [-0.2, -0.15) is 0 Å². The third kappa shape index (κ3) is 4.32. The van der Waals surface area contributed by atoms with Crippen LogP contribution in [-0.4, -0.2) is 19.3 Å². The fraction of sp³-hybridized carbons (Fsp3) is 0.647. The van der Waals surface area contributed by atoms with Crippen molar-refractivity contribution in [2.45, 2.75) is 45.8 Å². The summed E-state index contributed by atoms with van der Waals surface area (Å²) in [6, 6.07) is 11.0. The standard InChI is InChI=1S/C17H27NO/c1-4-18-16(15-8-6-5-7-9-15)17(13(2)3)19-12-14-10-11-14/h5-9,13-14,16-18H,4,10-12H2,1-3H3. The van der Waals surface area contributed by atoms with Gasteiger partial charge in [-0.05, 0) is 36.8 Å². The average Bonchev–Trinajstić information content (AvgIpc) is 3.22. The van der Waals surface area contributed by atoms with Crippen LogP contribution in [0.4, 0.5) is 0 Å². The molecule has 1 saturated carbocycles. The van der Waals surface area contributed by atoms with Gasteiger partial charge in [0.15, 0.2) is 0 Å². The average molecular weight is 261 g/mol. The van der Waals surface area contributed by atoms with Gasteiger partial charge in [0.25, 0.3) is 0 Å². The van der Waals surface area contributed by atoms with E-state index in [2.05, 4.69) is 56.4 Å². The van der Waals surface area contributed by atoms with Crippen molar-refractivity contribution in [3.63, 3.8) is 0 Å². The van der Waals surface area contributed by atoms with Gasteiger partial charge in [0, 0.05) is 6.61 Å². The molecule has 0 radical (unpaired) electrons. The van der Waals surface area contributed by atoms with Gasteiger partial charge >= 0.3 is 0 Å². The van der Waals surface area contributed by atoms with Crippen LogP contribution in [0, 0.1) is 11.8 Å². The molecule has 2 atom stereocenters. The van der Waals surface area contributed by atoms with Crippen LogP contribution >= 0.6 is 0 Å². The van der Waals surface area contributed by atoms with E-state index in [1.807, 2.05) is 0 Å². The normalized spacial score (nSPS) is 18.5. The fourth-order valence-corrected chi connectivity index (χ4v) is 2.51. The van der Waals surface area contributed by atoms with Crippen molar-refractivity contribution in [1.82, 2.24) is 5.32 Å². The summed E-state index contributed by atoms with van der Waals surface area (Å²) < 4.78 is 6.23. The van der Waals surface area contributed by atoms with Crippen molar-refractivity contribution >= 4 is 0 Å². The largest absolute Gasteiger partial charge is 0.376 e. The van der Waals surface area contributed by atoms with Crippen LogP contribution in [0.1, 0.15) is 45.2 Å².